The molecule has 0 heterocycles. The van der Waals surface area contributed by atoms with Crippen LogP contribution < -0.4 is 0 Å². The Morgan fingerprint density at radius 3 is 2.18 bits per heavy atom. The minimum Gasteiger partial charge on any atom is -0.393 e. The van der Waals surface area contributed by atoms with Gasteiger partial charge in [-0.1, -0.05) is 46.3 Å². The van der Waals surface area contributed by atoms with E-state index in [0.29, 0.717) is 11.8 Å². The van der Waals surface area contributed by atoms with E-state index in [0.717, 1.165) is 44.9 Å². The Labute approximate surface area is 203 Å². The van der Waals surface area contributed by atoms with E-state index >= 15 is 0 Å². The van der Waals surface area contributed by atoms with Crippen LogP contribution in [0.3, 0.4) is 0 Å². The second kappa shape index (κ2) is 8.07. The van der Waals surface area contributed by atoms with Crippen LogP contribution in [-0.4, -0.2) is 33.1 Å². The molecule has 4 aliphatic rings. The van der Waals surface area contributed by atoms with E-state index in [9.17, 15) is 15.3 Å². The molecule has 0 aromatic carbocycles. The number of aliphatic hydroxyl groups is 3. The van der Waals surface area contributed by atoms with Crippen molar-refractivity contribution in [2.45, 2.75) is 131 Å². The third-order valence-electron chi connectivity index (χ3n) is 12.4. The smallest absolute Gasteiger partial charge is 0.0654 e. The van der Waals surface area contributed by atoms with Crippen LogP contribution in [0, 0.1) is 45.3 Å². The monoisotopic (exact) mass is 460 g/mol. The maximum atomic E-state index is 11.8. The van der Waals surface area contributed by atoms with Crippen molar-refractivity contribution in [1.29, 1.82) is 0 Å². The molecule has 8 unspecified atom stereocenters. The Kier molecular flexibility index (Phi) is 6.28. The van der Waals surface area contributed by atoms with Gasteiger partial charge in [0.2, 0.25) is 0 Å². The van der Waals surface area contributed by atoms with Gasteiger partial charge in [0.05, 0.1) is 17.8 Å². The predicted octanol–water partition coefficient (Wildman–Crippen LogP) is 6.50. The van der Waals surface area contributed by atoms with Crippen LogP contribution in [0.4, 0.5) is 0 Å². The molecule has 3 N–H and O–H groups in total. The number of fused-ring (bicyclic) bond motifs is 5. The molecule has 0 bridgehead atoms. The molecule has 0 saturated heterocycles. The molecule has 0 aromatic heterocycles. The Balaban J connectivity index is 1.66. The first kappa shape index (κ1) is 25.7. The highest BCUT2D eigenvalue weighted by molar-refractivity contribution is 5.20. The van der Waals surface area contributed by atoms with E-state index in [1.807, 2.05) is 6.92 Å². The van der Waals surface area contributed by atoms with Gasteiger partial charge in [0.15, 0.2) is 0 Å². The average Bonchev–Trinajstić information content (AvgIpc) is 3.08. The van der Waals surface area contributed by atoms with Crippen molar-refractivity contribution in [3.63, 3.8) is 0 Å². The molecule has 190 valence electrons. The molecule has 4 aliphatic carbocycles. The summed E-state index contributed by atoms with van der Waals surface area (Å²) < 4.78 is 0. The molecule has 0 amide bonds. The third kappa shape index (κ3) is 3.61. The lowest BCUT2D eigenvalue weighted by atomic mass is 9.35. The SMILES string of the molecule is CC(C)=CCC[C@@](C)(O)C1CC[C@]2(C)C1C(O)CC1C3(C)CCC(O)C(C)(C)C3CCC12C. The Bertz CT molecular complexity index is 779. The van der Waals surface area contributed by atoms with Crippen LogP contribution in [0.25, 0.3) is 0 Å². The Morgan fingerprint density at radius 2 is 1.55 bits per heavy atom. The van der Waals surface area contributed by atoms with E-state index in [4.69, 9.17) is 0 Å². The molecule has 33 heavy (non-hydrogen) atoms. The van der Waals surface area contributed by atoms with Crippen molar-refractivity contribution >= 4 is 0 Å². The van der Waals surface area contributed by atoms with Crippen LogP contribution in [0.2, 0.25) is 0 Å². The van der Waals surface area contributed by atoms with E-state index in [1.165, 1.54) is 18.4 Å². The largest absolute Gasteiger partial charge is 0.393 e. The lowest BCUT2D eigenvalue weighted by molar-refractivity contribution is -0.246. The summed E-state index contributed by atoms with van der Waals surface area (Å²) in [7, 11) is 0. The normalized spacial score (nSPS) is 50.5. The number of hydrogen-bond donors (Lipinski definition) is 3. The summed E-state index contributed by atoms with van der Waals surface area (Å²) in [5.41, 5.74) is 0.885. The van der Waals surface area contributed by atoms with Gasteiger partial charge in [0, 0.05) is 0 Å². The highest BCUT2D eigenvalue weighted by atomic mass is 16.3. The molecule has 3 nitrogen and oxygen atoms in total. The number of allylic oxidation sites excluding steroid dienone is 2. The van der Waals surface area contributed by atoms with Crippen molar-refractivity contribution in [2.75, 3.05) is 0 Å². The van der Waals surface area contributed by atoms with Gasteiger partial charge in [-0.2, -0.15) is 0 Å². The van der Waals surface area contributed by atoms with Gasteiger partial charge in [-0.05, 0) is 124 Å². The summed E-state index contributed by atoms with van der Waals surface area (Å²) >= 11 is 0. The highest BCUT2D eigenvalue weighted by Crippen LogP contribution is 2.75. The second-order valence-corrected chi connectivity index (χ2v) is 14.5. The molecule has 0 radical (unpaired) electrons. The average molecular weight is 461 g/mol. The van der Waals surface area contributed by atoms with Gasteiger partial charge < -0.3 is 15.3 Å². The van der Waals surface area contributed by atoms with Crippen LogP contribution in [0.15, 0.2) is 11.6 Å². The summed E-state index contributed by atoms with van der Waals surface area (Å²) in [5.74, 6) is 1.31. The number of rotatable bonds is 4. The zero-order chi connectivity index (χ0) is 24.6. The molecule has 3 heteroatoms. The van der Waals surface area contributed by atoms with Gasteiger partial charge in [-0.3, -0.25) is 0 Å². The van der Waals surface area contributed by atoms with E-state index in [2.05, 4.69) is 54.5 Å². The lowest BCUT2D eigenvalue weighted by Crippen LogP contribution is -2.66. The van der Waals surface area contributed by atoms with Gasteiger partial charge in [-0.15, -0.1) is 0 Å². The summed E-state index contributed by atoms with van der Waals surface area (Å²) in [6.07, 6.45) is 10.6. The maximum absolute atomic E-state index is 11.8. The first-order chi connectivity index (χ1) is 15.1. The van der Waals surface area contributed by atoms with E-state index in [1.54, 1.807) is 0 Å². The number of aliphatic hydroxyl groups excluding tert-OH is 2. The van der Waals surface area contributed by atoms with Crippen molar-refractivity contribution in [1.82, 2.24) is 0 Å². The summed E-state index contributed by atoms with van der Waals surface area (Å²) in [6.45, 7) is 18.3. The van der Waals surface area contributed by atoms with Crippen molar-refractivity contribution in [3.8, 4) is 0 Å². The van der Waals surface area contributed by atoms with Crippen molar-refractivity contribution < 1.29 is 15.3 Å². The van der Waals surface area contributed by atoms with Gasteiger partial charge >= 0.3 is 0 Å². The molecular weight excluding hydrogens is 408 g/mol. The zero-order valence-corrected chi connectivity index (χ0v) is 22.7. The van der Waals surface area contributed by atoms with Gasteiger partial charge in [-0.25, -0.2) is 0 Å². The topological polar surface area (TPSA) is 60.7 Å². The highest BCUT2D eigenvalue weighted by Gasteiger charge is 2.71. The lowest BCUT2D eigenvalue weighted by Gasteiger charge is -2.70. The van der Waals surface area contributed by atoms with Gasteiger partial charge in [0.25, 0.3) is 0 Å². The fourth-order valence-electron chi connectivity index (χ4n) is 10.3. The van der Waals surface area contributed by atoms with Crippen molar-refractivity contribution in [3.05, 3.63) is 11.6 Å². The fraction of sp³-hybridized carbons (Fsp3) is 0.933. The second-order valence-electron chi connectivity index (χ2n) is 14.5. The summed E-state index contributed by atoms with van der Waals surface area (Å²) in [6, 6.07) is 0. The molecule has 10 atom stereocenters. The number of hydrogen-bond acceptors (Lipinski definition) is 3. The van der Waals surface area contributed by atoms with Crippen LogP contribution >= 0.6 is 0 Å². The molecule has 4 rings (SSSR count). The summed E-state index contributed by atoms with van der Waals surface area (Å²) in [5, 5.41) is 34.3. The van der Waals surface area contributed by atoms with Gasteiger partial charge in [0.1, 0.15) is 0 Å². The third-order valence-corrected chi connectivity index (χ3v) is 12.4. The van der Waals surface area contributed by atoms with Crippen LogP contribution in [-0.2, 0) is 0 Å². The molecular formula is C30H52O3. The Hall–Kier alpha value is -0.380. The first-order valence-corrected chi connectivity index (χ1v) is 13.8. The molecule has 4 saturated carbocycles. The fourth-order valence-corrected chi connectivity index (χ4v) is 10.3. The quantitative estimate of drug-likeness (QED) is 0.420. The molecule has 0 aromatic rings. The van der Waals surface area contributed by atoms with E-state index in [-0.39, 0.29) is 45.7 Å². The first-order valence-electron chi connectivity index (χ1n) is 13.8. The van der Waals surface area contributed by atoms with Crippen LogP contribution in [0.5, 0.6) is 0 Å². The Morgan fingerprint density at radius 1 is 0.909 bits per heavy atom. The molecule has 0 aliphatic heterocycles. The molecule has 4 fully saturated rings. The maximum Gasteiger partial charge on any atom is 0.0654 e. The summed E-state index contributed by atoms with van der Waals surface area (Å²) in [4.78, 5) is 0. The zero-order valence-electron chi connectivity index (χ0n) is 22.7. The predicted molar refractivity (Wildman–Crippen MR) is 136 cm³/mol. The standard InChI is InChI=1S/C30H52O3/c1-19(2)10-9-14-30(8,33)20-11-16-29(7)25(20)21(31)18-23-27(5)15-13-24(32)26(3,4)22(27)12-17-28(23,29)6/h10,20-25,31-33H,9,11-18H2,1-8H3/t20?,21?,22?,23?,24?,25?,27?,28?,29-,30-/m1/s1. The van der Waals surface area contributed by atoms with Crippen molar-refractivity contribution in [2.24, 2.45) is 45.3 Å². The minimum atomic E-state index is -0.739. The molecule has 0 spiro atoms. The minimum absolute atomic E-state index is 0.0503. The van der Waals surface area contributed by atoms with E-state index < -0.39 is 5.60 Å². The van der Waals surface area contributed by atoms with Crippen LogP contribution in [0.1, 0.15) is 113 Å².